The van der Waals surface area contributed by atoms with Crippen LogP contribution in [-0.2, 0) is 0 Å². The van der Waals surface area contributed by atoms with Crippen LogP contribution in [0.3, 0.4) is 0 Å². The van der Waals surface area contributed by atoms with E-state index < -0.39 is 0 Å². The summed E-state index contributed by atoms with van der Waals surface area (Å²) >= 11 is 6.34. The lowest BCUT2D eigenvalue weighted by Crippen LogP contribution is -2.17. The van der Waals surface area contributed by atoms with Crippen molar-refractivity contribution in [2.24, 2.45) is 0 Å². The third-order valence-corrected chi connectivity index (χ3v) is 3.85. The molecule has 0 fully saturated rings. The standard InChI is InChI=1S/C18H23ClN2/c1-4-8-20-12-14(5-2)10-16-11-15-7-6-13(3)9-17(15)21-18(16)19/h6-7,9-11,20H,4-5,8,12H2,1-3H3. The molecule has 1 aromatic heterocycles. The predicted octanol–water partition coefficient (Wildman–Crippen LogP) is 4.99. The van der Waals surface area contributed by atoms with Crippen LogP contribution in [0.5, 0.6) is 0 Å². The van der Waals surface area contributed by atoms with Crippen LogP contribution in [0.15, 0.2) is 29.8 Å². The van der Waals surface area contributed by atoms with E-state index in [9.17, 15) is 0 Å². The Morgan fingerprint density at radius 3 is 2.81 bits per heavy atom. The first kappa shape index (κ1) is 16.0. The van der Waals surface area contributed by atoms with Crippen LogP contribution in [0.4, 0.5) is 0 Å². The summed E-state index contributed by atoms with van der Waals surface area (Å²) in [4.78, 5) is 4.52. The molecule has 0 spiro atoms. The first-order valence-corrected chi connectivity index (χ1v) is 7.99. The van der Waals surface area contributed by atoms with Crippen molar-refractivity contribution in [1.82, 2.24) is 10.3 Å². The molecule has 0 amide bonds. The highest BCUT2D eigenvalue weighted by Crippen LogP contribution is 2.24. The zero-order valence-corrected chi connectivity index (χ0v) is 13.8. The summed E-state index contributed by atoms with van der Waals surface area (Å²) in [6.07, 6.45) is 4.32. The van der Waals surface area contributed by atoms with Crippen LogP contribution in [0, 0.1) is 6.92 Å². The predicted molar refractivity (Wildman–Crippen MR) is 92.9 cm³/mol. The van der Waals surface area contributed by atoms with E-state index in [2.05, 4.69) is 61.4 Å². The van der Waals surface area contributed by atoms with E-state index in [0.29, 0.717) is 5.15 Å². The number of hydrogen-bond acceptors (Lipinski definition) is 2. The van der Waals surface area contributed by atoms with E-state index >= 15 is 0 Å². The molecule has 0 aliphatic rings. The van der Waals surface area contributed by atoms with Gasteiger partial charge in [0, 0.05) is 17.5 Å². The van der Waals surface area contributed by atoms with Crippen molar-refractivity contribution in [3.8, 4) is 0 Å². The Morgan fingerprint density at radius 2 is 2.10 bits per heavy atom. The number of nitrogens with zero attached hydrogens (tertiary/aromatic N) is 1. The Kier molecular flexibility index (Phi) is 5.77. The van der Waals surface area contributed by atoms with E-state index in [0.717, 1.165) is 42.4 Å². The van der Waals surface area contributed by atoms with Gasteiger partial charge in [-0.3, -0.25) is 0 Å². The molecule has 2 rings (SSSR count). The molecule has 0 aliphatic carbocycles. The lowest BCUT2D eigenvalue weighted by Gasteiger charge is -2.08. The smallest absolute Gasteiger partial charge is 0.136 e. The molecule has 0 saturated carbocycles. The maximum Gasteiger partial charge on any atom is 0.136 e. The van der Waals surface area contributed by atoms with Crippen LogP contribution in [0.1, 0.15) is 37.8 Å². The Hall–Kier alpha value is -1.38. The second-order valence-corrected chi connectivity index (χ2v) is 5.76. The van der Waals surface area contributed by atoms with Gasteiger partial charge < -0.3 is 5.32 Å². The minimum Gasteiger partial charge on any atom is -0.313 e. The van der Waals surface area contributed by atoms with Gasteiger partial charge in [0.2, 0.25) is 0 Å². The summed E-state index contributed by atoms with van der Waals surface area (Å²) in [5.41, 5.74) is 4.51. The molecule has 0 saturated heterocycles. The fourth-order valence-corrected chi connectivity index (χ4v) is 2.50. The number of halogens is 1. The molecule has 0 aliphatic heterocycles. The second-order valence-electron chi connectivity index (χ2n) is 5.40. The monoisotopic (exact) mass is 302 g/mol. The second kappa shape index (κ2) is 7.58. The molecular weight excluding hydrogens is 280 g/mol. The molecule has 2 nitrogen and oxygen atoms in total. The molecule has 2 aromatic rings. The van der Waals surface area contributed by atoms with Crippen LogP contribution in [0.25, 0.3) is 17.0 Å². The number of nitrogens with one attached hydrogen (secondary N) is 1. The summed E-state index contributed by atoms with van der Waals surface area (Å²) in [6, 6.07) is 8.40. The minimum absolute atomic E-state index is 0.578. The fourth-order valence-electron chi connectivity index (χ4n) is 2.29. The highest BCUT2D eigenvalue weighted by molar-refractivity contribution is 6.31. The van der Waals surface area contributed by atoms with Crippen molar-refractivity contribution >= 4 is 28.6 Å². The van der Waals surface area contributed by atoms with E-state index in [1.807, 2.05) is 0 Å². The van der Waals surface area contributed by atoms with Gasteiger partial charge in [0.15, 0.2) is 0 Å². The lowest BCUT2D eigenvalue weighted by atomic mass is 10.1. The van der Waals surface area contributed by atoms with Gasteiger partial charge in [0.05, 0.1) is 5.52 Å². The quantitative estimate of drug-likeness (QED) is 0.600. The van der Waals surface area contributed by atoms with Crippen LogP contribution < -0.4 is 5.32 Å². The number of rotatable bonds is 6. The van der Waals surface area contributed by atoms with Crippen molar-refractivity contribution in [2.45, 2.75) is 33.6 Å². The average Bonchev–Trinajstić information content (AvgIpc) is 2.47. The molecule has 112 valence electrons. The van der Waals surface area contributed by atoms with Crippen molar-refractivity contribution in [3.05, 3.63) is 46.1 Å². The summed E-state index contributed by atoms with van der Waals surface area (Å²) in [5, 5.41) is 5.15. The Balaban J connectivity index is 2.31. The number of aromatic nitrogens is 1. The molecular formula is C18H23ClN2. The van der Waals surface area contributed by atoms with Gasteiger partial charge in [-0.25, -0.2) is 4.98 Å². The highest BCUT2D eigenvalue weighted by Gasteiger charge is 2.05. The topological polar surface area (TPSA) is 24.9 Å². The van der Waals surface area contributed by atoms with Gasteiger partial charge >= 0.3 is 0 Å². The van der Waals surface area contributed by atoms with Crippen molar-refractivity contribution < 1.29 is 0 Å². The first-order valence-electron chi connectivity index (χ1n) is 7.61. The molecule has 0 atom stereocenters. The third-order valence-electron chi connectivity index (χ3n) is 3.55. The number of aryl methyl sites for hydroxylation is 1. The molecule has 21 heavy (non-hydrogen) atoms. The maximum atomic E-state index is 6.34. The van der Waals surface area contributed by atoms with Gasteiger partial charge in [0.1, 0.15) is 5.15 Å². The first-order chi connectivity index (χ1) is 10.1. The summed E-state index contributed by atoms with van der Waals surface area (Å²) in [6.45, 7) is 8.37. The highest BCUT2D eigenvalue weighted by atomic mass is 35.5. The van der Waals surface area contributed by atoms with Gasteiger partial charge in [-0.15, -0.1) is 0 Å². The van der Waals surface area contributed by atoms with E-state index in [-0.39, 0.29) is 0 Å². The third kappa shape index (κ3) is 4.29. The molecule has 0 radical (unpaired) electrons. The van der Waals surface area contributed by atoms with Crippen LogP contribution in [-0.4, -0.2) is 18.1 Å². The van der Waals surface area contributed by atoms with Crippen LogP contribution >= 0.6 is 11.6 Å². The fraction of sp³-hybridized carbons (Fsp3) is 0.389. The minimum atomic E-state index is 0.578. The number of hydrogen-bond donors (Lipinski definition) is 1. The molecule has 1 aromatic carbocycles. The van der Waals surface area contributed by atoms with Gasteiger partial charge in [-0.1, -0.05) is 49.2 Å². The van der Waals surface area contributed by atoms with Gasteiger partial charge in [-0.05, 0) is 44.0 Å². The van der Waals surface area contributed by atoms with Crippen molar-refractivity contribution in [1.29, 1.82) is 0 Å². The number of benzene rings is 1. The normalized spacial score (nSPS) is 12.1. The number of fused-ring (bicyclic) bond motifs is 1. The summed E-state index contributed by atoms with van der Waals surface area (Å²) in [5.74, 6) is 0. The lowest BCUT2D eigenvalue weighted by molar-refractivity contribution is 0.706. The Morgan fingerprint density at radius 1 is 1.29 bits per heavy atom. The number of pyridine rings is 1. The van der Waals surface area contributed by atoms with Crippen molar-refractivity contribution in [2.75, 3.05) is 13.1 Å². The molecule has 1 N–H and O–H groups in total. The van der Waals surface area contributed by atoms with Crippen molar-refractivity contribution in [3.63, 3.8) is 0 Å². The summed E-state index contributed by atoms with van der Waals surface area (Å²) < 4.78 is 0. The van der Waals surface area contributed by atoms with E-state index in [4.69, 9.17) is 11.6 Å². The molecule has 0 bridgehead atoms. The summed E-state index contributed by atoms with van der Waals surface area (Å²) in [7, 11) is 0. The molecule has 3 heteroatoms. The largest absolute Gasteiger partial charge is 0.313 e. The van der Waals surface area contributed by atoms with Gasteiger partial charge in [0.25, 0.3) is 0 Å². The Bertz CT molecular complexity index is 647. The molecule has 0 unspecified atom stereocenters. The van der Waals surface area contributed by atoms with Crippen LogP contribution in [0.2, 0.25) is 5.15 Å². The van der Waals surface area contributed by atoms with E-state index in [1.54, 1.807) is 0 Å². The zero-order valence-electron chi connectivity index (χ0n) is 13.0. The van der Waals surface area contributed by atoms with E-state index in [1.165, 1.54) is 11.1 Å². The maximum absolute atomic E-state index is 6.34. The SMILES string of the molecule is CCCNCC(=Cc1cc2ccc(C)cc2nc1Cl)CC. The van der Waals surface area contributed by atoms with Gasteiger partial charge in [-0.2, -0.15) is 0 Å². The molecule has 1 heterocycles. The average molecular weight is 303 g/mol. The Labute approximate surface area is 132 Å². The zero-order chi connectivity index (χ0) is 15.2.